The standard InChI is InChI=1S/C13H20N4O/c1-10-5-3-2-4-8-17(10)13(18)11-9-15-7-6-12(11)16-14/h6-7,9-10H,2-5,8,14H2,1H3,(H,15,16). The smallest absolute Gasteiger partial charge is 0.257 e. The van der Waals surface area contributed by atoms with Gasteiger partial charge in [0, 0.05) is 25.0 Å². The number of amides is 1. The number of nitrogens with zero attached hydrogens (tertiary/aromatic N) is 2. The Morgan fingerprint density at radius 3 is 3.11 bits per heavy atom. The first-order chi connectivity index (χ1) is 8.74. The summed E-state index contributed by atoms with van der Waals surface area (Å²) in [4.78, 5) is 18.5. The first-order valence-electron chi connectivity index (χ1n) is 6.45. The Bertz CT molecular complexity index is 421. The number of aromatic nitrogens is 1. The second-order valence-electron chi connectivity index (χ2n) is 4.76. The van der Waals surface area contributed by atoms with Gasteiger partial charge < -0.3 is 10.3 Å². The number of rotatable bonds is 2. The van der Waals surface area contributed by atoms with E-state index in [-0.39, 0.29) is 11.9 Å². The van der Waals surface area contributed by atoms with Crippen LogP contribution in [0, 0.1) is 0 Å². The molecule has 2 rings (SSSR count). The zero-order valence-corrected chi connectivity index (χ0v) is 10.7. The van der Waals surface area contributed by atoms with Crippen molar-refractivity contribution in [2.24, 2.45) is 5.84 Å². The van der Waals surface area contributed by atoms with Crippen LogP contribution in [-0.4, -0.2) is 28.4 Å². The van der Waals surface area contributed by atoms with Gasteiger partial charge >= 0.3 is 0 Å². The Morgan fingerprint density at radius 2 is 2.33 bits per heavy atom. The lowest BCUT2D eigenvalue weighted by atomic mass is 10.1. The molecule has 1 aliphatic rings. The molecule has 1 atom stereocenters. The minimum absolute atomic E-state index is 0.0189. The van der Waals surface area contributed by atoms with E-state index in [2.05, 4.69) is 17.3 Å². The number of hydrogen-bond acceptors (Lipinski definition) is 4. The van der Waals surface area contributed by atoms with Crippen LogP contribution in [0.25, 0.3) is 0 Å². The number of nitrogen functional groups attached to an aromatic ring is 1. The van der Waals surface area contributed by atoms with Gasteiger partial charge in [-0.3, -0.25) is 15.6 Å². The van der Waals surface area contributed by atoms with Crippen molar-refractivity contribution in [2.45, 2.75) is 38.6 Å². The van der Waals surface area contributed by atoms with Gasteiger partial charge in [0.05, 0.1) is 11.3 Å². The SMILES string of the molecule is CC1CCCCCN1C(=O)c1cnccc1NN. The summed E-state index contributed by atoms with van der Waals surface area (Å²) in [6, 6.07) is 2.00. The molecule has 5 heteroatoms. The van der Waals surface area contributed by atoms with Crippen LogP contribution in [0.3, 0.4) is 0 Å². The van der Waals surface area contributed by atoms with Gasteiger partial charge in [-0.05, 0) is 25.8 Å². The average molecular weight is 248 g/mol. The number of nitrogens with two attached hydrogens (primary N) is 1. The number of nitrogens with one attached hydrogen (secondary N) is 1. The van der Waals surface area contributed by atoms with E-state index in [1.165, 1.54) is 12.8 Å². The Kier molecular flexibility index (Phi) is 4.15. The fraction of sp³-hybridized carbons (Fsp3) is 0.538. The van der Waals surface area contributed by atoms with Gasteiger partial charge in [-0.1, -0.05) is 12.8 Å². The number of hydrazine groups is 1. The summed E-state index contributed by atoms with van der Waals surface area (Å²) >= 11 is 0. The Labute approximate surface area is 107 Å². The van der Waals surface area contributed by atoms with Crippen LogP contribution in [0.15, 0.2) is 18.5 Å². The summed E-state index contributed by atoms with van der Waals surface area (Å²) in [6.07, 6.45) is 7.73. The molecule has 1 unspecified atom stereocenters. The van der Waals surface area contributed by atoms with Crippen LogP contribution in [0.4, 0.5) is 5.69 Å². The molecule has 1 saturated heterocycles. The summed E-state index contributed by atoms with van der Waals surface area (Å²) in [7, 11) is 0. The lowest BCUT2D eigenvalue weighted by Gasteiger charge is -2.27. The molecule has 5 nitrogen and oxygen atoms in total. The predicted octanol–water partition coefficient (Wildman–Crippen LogP) is 1.77. The highest BCUT2D eigenvalue weighted by atomic mass is 16.2. The number of hydrogen-bond donors (Lipinski definition) is 2. The highest BCUT2D eigenvalue weighted by molar-refractivity contribution is 5.99. The first kappa shape index (κ1) is 12.8. The zero-order valence-electron chi connectivity index (χ0n) is 10.7. The maximum absolute atomic E-state index is 12.5. The van der Waals surface area contributed by atoms with E-state index in [1.807, 2.05) is 4.90 Å². The van der Waals surface area contributed by atoms with Gasteiger partial charge in [0.15, 0.2) is 0 Å². The summed E-state index contributed by atoms with van der Waals surface area (Å²) in [5.74, 6) is 5.45. The molecule has 18 heavy (non-hydrogen) atoms. The summed E-state index contributed by atoms with van der Waals surface area (Å²) in [5, 5.41) is 0. The fourth-order valence-corrected chi connectivity index (χ4v) is 2.42. The van der Waals surface area contributed by atoms with E-state index in [1.54, 1.807) is 18.5 Å². The van der Waals surface area contributed by atoms with E-state index in [0.717, 1.165) is 19.4 Å². The van der Waals surface area contributed by atoms with Crippen LogP contribution >= 0.6 is 0 Å². The van der Waals surface area contributed by atoms with Gasteiger partial charge in [0.1, 0.15) is 0 Å². The average Bonchev–Trinajstić information content (AvgIpc) is 2.62. The van der Waals surface area contributed by atoms with Crippen LogP contribution in [0.5, 0.6) is 0 Å². The highest BCUT2D eigenvalue weighted by Crippen LogP contribution is 2.21. The maximum atomic E-state index is 12.5. The van der Waals surface area contributed by atoms with Gasteiger partial charge in [-0.15, -0.1) is 0 Å². The molecule has 0 spiro atoms. The van der Waals surface area contributed by atoms with Crippen LogP contribution in [-0.2, 0) is 0 Å². The van der Waals surface area contributed by atoms with Crippen molar-refractivity contribution < 1.29 is 4.79 Å². The molecule has 1 amide bonds. The topological polar surface area (TPSA) is 71.2 Å². The third kappa shape index (κ3) is 2.61. The van der Waals surface area contributed by atoms with Crippen molar-refractivity contribution >= 4 is 11.6 Å². The van der Waals surface area contributed by atoms with Crippen molar-refractivity contribution in [1.82, 2.24) is 9.88 Å². The van der Waals surface area contributed by atoms with Crippen molar-refractivity contribution in [3.63, 3.8) is 0 Å². The number of carbonyl (C=O) groups is 1. The Morgan fingerprint density at radius 1 is 1.50 bits per heavy atom. The number of pyridine rings is 1. The van der Waals surface area contributed by atoms with E-state index >= 15 is 0 Å². The molecular formula is C13H20N4O. The van der Waals surface area contributed by atoms with Gasteiger partial charge in [-0.25, -0.2) is 0 Å². The maximum Gasteiger partial charge on any atom is 0.257 e. The third-order valence-electron chi connectivity index (χ3n) is 3.52. The normalized spacial score (nSPS) is 20.3. The molecule has 3 N–H and O–H groups in total. The second-order valence-corrected chi connectivity index (χ2v) is 4.76. The molecule has 0 aliphatic carbocycles. The minimum Gasteiger partial charge on any atom is -0.336 e. The van der Waals surface area contributed by atoms with Crippen LogP contribution in [0.2, 0.25) is 0 Å². The Balaban J connectivity index is 2.23. The van der Waals surface area contributed by atoms with E-state index in [9.17, 15) is 4.79 Å². The van der Waals surface area contributed by atoms with Crippen molar-refractivity contribution in [3.8, 4) is 0 Å². The summed E-state index contributed by atoms with van der Waals surface area (Å²) < 4.78 is 0. The molecule has 1 aromatic rings. The lowest BCUT2D eigenvalue weighted by molar-refractivity contribution is 0.0698. The summed E-state index contributed by atoms with van der Waals surface area (Å²) in [5.41, 5.74) is 3.74. The molecule has 98 valence electrons. The fourth-order valence-electron chi connectivity index (χ4n) is 2.42. The van der Waals surface area contributed by atoms with E-state index in [0.29, 0.717) is 11.3 Å². The van der Waals surface area contributed by atoms with Crippen molar-refractivity contribution in [2.75, 3.05) is 12.0 Å². The first-order valence-corrected chi connectivity index (χ1v) is 6.45. The Hall–Kier alpha value is -1.62. The monoisotopic (exact) mass is 248 g/mol. The second kappa shape index (κ2) is 5.82. The lowest BCUT2D eigenvalue weighted by Crippen LogP contribution is -2.38. The molecule has 0 aromatic carbocycles. The third-order valence-corrected chi connectivity index (χ3v) is 3.52. The molecule has 1 aliphatic heterocycles. The number of likely N-dealkylation sites (tertiary alicyclic amines) is 1. The van der Waals surface area contributed by atoms with Gasteiger partial charge in [0.25, 0.3) is 5.91 Å². The summed E-state index contributed by atoms with van der Waals surface area (Å²) in [6.45, 7) is 2.92. The highest BCUT2D eigenvalue weighted by Gasteiger charge is 2.24. The molecule has 0 saturated carbocycles. The largest absolute Gasteiger partial charge is 0.336 e. The van der Waals surface area contributed by atoms with Crippen LogP contribution in [0.1, 0.15) is 43.0 Å². The van der Waals surface area contributed by atoms with E-state index in [4.69, 9.17) is 5.84 Å². The molecule has 0 bridgehead atoms. The molecular weight excluding hydrogens is 228 g/mol. The quantitative estimate of drug-likeness (QED) is 0.618. The number of anilines is 1. The number of carbonyl (C=O) groups excluding carboxylic acids is 1. The zero-order chi connectivity index (χ0) is 13.0. The molecule has 0 radical (unpaired) electrons. The molecule has 1 aromatic heterocycles. The molecule has 2 heterocycles. The van der Waals surface area contributed by atoms with Crippen LogP contribution < -0.4 is 11.3 Å². The minimum atomic E-state index is 0.0189. The molecule has 1 fully saturated rings. The van der Waals surface area contributed by atoms with Gasteiger partial charge in [0.2, 0.25) is 0 Å². The predicted molar refractivity (Wildman–Crippen MR) is 71.0 cm³/mol. The van der Waals surface area contributed by atoms with Crippen molar-refractivity contribution in [1.29, 1.82) is 0 Å². The van der Waals surface area contributed by atoms with Gasteiger partial charge in [-0.2, -0.15) is 0 Å². The van der Waals surface area contributed by atoms with E-state index < -0.39 is 0 Å². The van der Waals surface area contributed by atoms with Crippen molar-refractivity contribution in [3.05, 3.63) is 24.0 Å².